The first-order chi connectivity index (χ1) is 9.70. The minimum Gasteiger partial charge on any atom is -0.342 e. The van der Waals surface area contributed by atoms with Gasteiger partial charge in [-0.3, -0.25) is 4.79 Å². The molecule has 20 heavy (non-hydrogen) atoms. The van der Waals surface area contributed by atoms with Gasteiger partial charge in [0, 0.05) is 25.6 Å². The molecule has 110 valence electrons. The largest absolute Gasteiger partial charge is 0.342 e. The van der Waals surface area contributed by atoms with Crippen LogP contribution in [-0.4, -0.2) is 23.9 Å². The van der Waals surface area contributed by atoms with E-state index in [4.69, 9.17) is 5.73 Å². The molecule has 2 unspecified atom stereocenters. The van der Waals surface area contributed by atoms with Crippen LogP contribution < -0.4 is 5.73 Å². The number of nitrogens with zero attached hydrogens (tertiary/aromatic N) is 1. The molecule has 3 heteroatoms. The molecular formula is C17H26N2O. The molecule has 0 bridgehead atoms. The van der Waals surface area contributed by atoms with Gasteiger partial charge in [-0.25, -0.2) is 0 Å². The number of hydrogen-bond acceptors (Lipinski definition) is 2. The number of carbonyl (C=O) groups is 1. The fourth-order valence-electron chi connectivity index (χ4n) is 2.93. The Morgan fingerprint density at radius 3 is 2.85 bits per heavy atom. The number of nitrogens with two attached hydrogens (primary N) is 1. The zero-order valence-corrected chi connectivity index (χ0v) is 12.4. The molecule has 0 spiro atoms. The van der Waals surface area contributed by atoms with Crippen molar-refractivity contribution in [3.63, 3.8) is 0 Å². The van der Waals surface area contributed by atoms with Gasteiger partial charge in [0.25, 0.3) is 0 Å². The summed E-state index contributed by atoms with van der Waals surface area (Å²) in [6.07, 6.45) is 4.88. The van der Waals surface area contributed by atoms with Crippen LogP contribution in [0.25, 0.3) is 0 Å². The lowest BCUT2D eigenvalue weighted by atomic mass is 9.95. The van der Waals surface area contributed by atoms with E-state index in [1.807, 2.05) is 35.2 Å². The first kappa shape index (κ1) is 15.0. The second kappa shape index (κ2) is 7.44. The number of carbonyl (C=O) groups excluding carboxylic acids is 1. The fraction of sp³-hybridized carbons (Fsp3) is 0.588. The van der Waals surface area contributed by atoms with Crippen molar-refractivity contribution in [2.45, 2.75) is 45.1 Å². The van der Waals surface area contributed by atoms with Gasteiger partial charge in [-0.1, -0.05) is 43.7 Å². The Balaban J connectivity index is 1.80. The van der Waals surface area contributed by atoms with Crippen LogP contribution in [0.4, 0.5) is 0 Å². The lowest BCUT2D eigenvalue weighted by Gasteiger charge is -2.32. The van der Waals surface area contributed by atoms with Crippen LogP contribution in [0.2, 0.25) is 0 Å². The highest BCUT2D eigenvalue weighted by atomic mass is 16.2. The topological polar surface area (TPSA) is 46.3 Å². The van der Waals surface area contributed by atoms with E-state index >= 15 is 0 Å². The highest BCUT2D eigenvalue weighted by Crippen LogP contribution is 2.21. The number of likely N-dealkylation sites (tertiary alicyclic amines) is 1. The molecule has 1 aromatic rings. The molecule has 1 saturated heterocycles. The molecule has 1 aliphatic rings. The van der Waals surface area contributed by atoms with Gasteiger partial charge in [-0.15, -0.1) is 0 Å². The van der Waals surface area contributed by atoms with Gasteiger partial charge < -0.3 is 10.6 Å². The summed E-state index contributed by atoms with van der Waals surface area (Å²) in [7, 11) is 0. The average Bonchev–Trinajstić information content (AvgIpc) is 2.53. The molecule has 2 rings (SSSR count). The van der Waals surface area contributed by atoms with Gasteiger partial charge in [-0.2, -0.15) is 0 Å². The number of rotatable bonds is 5. The van der Waals surface area contributed by atoms with Crippen LogP contribution in [0.5, 0.6) is 0 Å². The molecule has 2 atom stereocenters. The molecule has 1 fully saturated rings. The molecule has 0 aromatic heterocycles. The van der Waals surface area contributed by atoms with Crippen molar-refractivity contribution in [2.24, 2.45) is 11.7 Å². The third-order valence-electron chi connectivity index (χ3n) is 4.35. The lowest BCUT2D eigenvalue weighted by molar-refractivity contribution is -0.133. The van der Waals surface area contributed by atoms with Crippen LogP contribution in [-0.2, 0) is 4.79 Å². The standard InChI is InChI=1S/C17H26N2O/c1-2-14-7-6-12-19(13-14)17(20)11-10-16(18)15-8-4-3-5-9-15/h3-5,8-9,14,16H,2,6-7,10-13,18H2,1H3. The summed E-state index contributed by atoms with van der Waals surface area (Å²) in [6, 6.07) is 10.00. The number of amides is 1. The summed E-state index contributed by atoms with van der Waals surface area (Å²) in [5.74, 6) is 0.963. The van der Waals surface area contributed by atoms with Crippen LogP contribution in [0.1, 0.15) is 50.6 Å². The Morgan fingerprint density at radius 1 is 1.40 bits per heavy atom. The molecule has 2 N–H and O–H groups in total. The molecule has 1 heterocycles. The van der Waals surface area contributed by atoms with E-state index in [-0.39, 0.29) is 11.9 Å². The predicted octanol–water partition coefficient (Wildman–Crippen LogP) is 3.12. The SMILES string of the molecule is CCC1CCCN(C(=O)CCC(N)c2ccccc2)C1. The van der Waals surface area contributed by atoms with Crippen molar-refractivity contribution < 1.29 is 4.79 Å². The summed E-state index contributed by atoms with van der Waals surface area (Å²) in [5.41, 5.74) is 7.27. The summed E-state index contributed by atoms with van der Waals surface area (Å²) in [6.45, 7) is 4.08. The lowest BCUT2D eigenvalue weighted by Crippen LogP contribution is -2.39. The van der Waals surface area contributed by atoms with Gasteiger partial charge in [0.1, 0.15) is 0 Å². The molecule has 0 radical (unpaired) electrons. The van der Waals surface area contributed by atoms with Crippen molar-refractivity contribution in [1.29, 1.82) is 0 Å². The Hall–Kier alpha value is -1.35. The van der Waals surface area contributed by atoms with E-state index < -0.39 is 0 Å². The highest BCUT2D eigenvalue weighted by molar-refractivity contribution is 5.76. The Morgan fingerprint density at radius 2 is 2.15 bits per heavy atom. The van der Waals surface area contributed by atoms with Crippen molar-refractivity contribution in [1.82, 2.24) is 4.90 Å². The van der Waals surface area contributed by atoms with Crippen LogP contribution >= 0.6 is 0 Å². The Kier molecular flexibility index (Phi) is 5.60. The maximum absolute atomic E-state index is 12.3. The first-order valence-corrected chi connectivity index (χ1v) is 7.79. The van der Waals surface area contributed by atoms with Gasteiger partial charge in [0.15, 0.2) is 0 Å². The van der Waals surface area contributed by atoms with Crippen molar-refractivity contribution in [3.8, 4) is 0 Å². The van der Waals surface area contributed by atoms with Gasteiger partial charge >= 0.3 is 0 Å². The van der Waals surface area contributed by atoms with Crippen LogP contribution in [0.15, 0.2) is 30.3 Å². The van der Waals surface area contributed by atoms with Gasteiger partial charge in [-0.05, 0) is 30.7 Å². The maximum atomic E-state index is 12.3. The second-order valence-electron chi connectivity index (χ2n) is 5.81. The maximum Gasteiger partial charge on any atom is 0.222 e. The van der Waals surface area contributed by atoms with Crippen molar-refractivity contribution in [3.05, 3.63) is 35.9 Å². The van der Waals surface area contributed by atoms with Crippen molar-refractivity contribution >= 4 is 5.91 Å². The fourth-order valence-corrected chi connectivity index (χ4v) is 2.93. The van der Waals surface area contributed by atoms with Gasteiger partial charge in [0.2, 0.25) is 5.91 Å². The van der Waals surface area contributed by atoms with E-state index in [1.165, 1.54) is 12.8 Å². The smallest absolute Gasteiger partial charge is 0.222 e. The van der Waals surface area contributed by atoms with E-state index in [2.05, 4.69) is 6.92 Å². The highest BCUT2D eigenvalue weighted by Gasteiger charge is 2.22. The monoisotopic (exact) mass is 274 g/mol. The van der Waals surface area contributed by atoms with E-state index in [9.17, 15) is 4.79 Å². The molecule has 3 nitrogen and oxygen atoms in total. The molecular weight excluding hydrogens is 248 g/mol. The molecule has 0 aliphatic carbocycles. The zero-order chi connectivity index (χ0) is 14.4. The van der Waals surface area contributed by atoms with Crippen LogP contribution in [0, 0.1) is 5.92 Å². The Bertz CT molecular complexity index is 418. The molecule has 0 saturated carbocycles. The summed E-state index contributed by atoms with van der Waals surface area (Å²) in [5, 5.41) is 0. The minimum absolute atomic E-state index is 0.0353. The van der Waals surface area contributed by atoms with E-state index in [0.717, 1.165) is 31.5 Å². The third kappa shape index (κ3) is 4.07. The first-order valence-electron chi connectivity index (χ1n) is 7.79. The van der Waals surface area contributed by atoms with Gasteiger partial charge in [0.05, 0.1) is 0 Å². The third-order valence-corrected chi connectivity index (χ3v) is 4.35. The molecule has 1 aromatic carbocycles. The number of benzene rings is 1. The number of hydrogen-bond donors (Lipinski definition) is 1. The Labute approximate surface area is 122 Å². The average molecular weight is 274 g/mol. The normalized spacial score (nSPS) is 20.7. The minimum atomic E-state index is -0.0353. The van der Waals surface area contributed by atoms with E-state index in [1.54, 1.807) is 0 Å². The molecule has 1 amide bonds. The second-order valence-corrected chi connectivity index (χ2v) is 5.81. The predicted molar refractivity (Wildman–Crippen MR) is 82.2 cm³/mol. The zero-order valence-electron chi connectivity index (χ0n) is 12.4. The quantitative estimate of drug-likeness (QED) is 0.896. The summed E-state index contributed by atoms with van der Waals surface area (Å²) < 4.78 is 0. The number of piperidine rings is 1. The van der Waals surface area contributed by atoms with Crippen LogP contribution in [0.3, 0.4) is 0 Å². The summed E-state index contributed by atoms with van der Waals surface area (Å²) in [4.78, 5) is 14.3. The molecule has 1 aliphatic heterocycles. The van der Waals surface area contributed by atoms with E-state index in [0.29, 0.717) is 12.3 Å². The van der Waals surface area contributed by atoms with Crippen molar-refractivity contribution in [2.75, 3.05) is 13.1 Å². The summed E-state index contributed by atoms with van der Waals surface area (Å²) >= 11 is 0.